The molecule has 0 aliphatic rings. The molecule has 0 saturated heterocycles. The molecule has 148 valence electrons. The van der Waals surface area contributed by atoms with E-state index in [4.69, 9.17) is 9.47 Å². The first-order valence-corrected chi connectivity index (χ1v) is 10.3. The van der Waals surface area contributed by atoms with Gasteiger partial charge >= 0.3 is 11.9 Å². The largest absolute Gasteiger partial charge is 0.466 e. The van der Waals surface area contributed by atoms with E-state index in [1.165, 1.54) is 38.5 Å². The third-order valence-electron chi connectivity index (χ3n) is 4.60. The zero-order valence-corrected chi connectivity index (χ0v) is 17.0. The van der Waals surface area contributed by atoms with Gasteiger partial charge in [0.1, 0.15) is 0 Å². The van der Waals surface area contributed by atoms with Gasteiger partial charge in [0.25, 0.3) is 0 Å². The van der Waals surface area contributed by atoms with Crippen LogP contribution >= 0.6 is 0 Å². The number of hydrogen-bond acceptors (Lipinski definition) is 4. The summed E-state index contributed by atoms with van der Waals surface area (Å²) in [6.45, 7) is 8.87. The van der Waals surface area contributed by atoms with Crippen molar-refractivity contribution in [2.24, 2.45) is 11.8 Å². The molecule has 0 saturated carbocycles. The predicted molar refractivity (Wildman–Crippen MR) is 102 cm³/mol. The Bertz CT molecular complexity index is 339. The Hall–Kier alpha value is -1.06. The number of carbonyl (C=O) groups is 2. The fourth-order valence-electron chi connectivity index (χ4n) is 3.08. The van der Waals surface area contributed by atoms with Crippen molar-refractivity contribution in [2.75, 3.05) is 13.2 Å². The molecule has 1 atom stereocenters. The van der Waals surface area contributed by atoms with Crippen LogP contribution in [0, 0.1) is 11.8 Å². The summed E-state index contributed by atoms with van der Waals surface area (Å²) in [4.78, 5) is 23.1. The second kappa shape index (κ2) is 16.4. The first kappa shape index (κ1) is 23.9. The minimum Gasteiger partial charge on any atom is -0.466 e. The molecule has 0 aliphatic carbocycles. The van der Waals surface area contributed by atoms with E-state index in [9.17, 15) is 9.59 Å². The van der Waals surface area contributed by atoms with Gasteiger partial charge in [0.15, 0.2) is 0 Å². The Kier molecular flexibility index (Phi) is 15.7. The highest BCUT2D eigenvalue weighted by atomic mass is 16.5. The minimum absolute atomic E-state index is 0.0275. The number of rotatable bonds is 16. The molecule has 1 unspecified atom stereocenters. The van der Waals surface area contributed by atoms with Crippen LogP contribution < -0.4 is 0 Å². The fourth-order valence-corrected chi connectivity index (χ4v) is 3.08. The Morgan fingerprint density at radius 3 is 1.68 bits per heavy atom. The Balaban J connectivity index is 3.48. The zero-order valence-electron chi connectivity index (χ0n) is 17.0. The van der Waals surface area contributed by atoms with E-state index in [1.807, 2.05) is 13.8 Å². The molecule has 0 aromatic heterocycles. The highest BCUT2D eigenvalue weighted by molar-refractivity contribution is 5.72. The first-order valence-electron chi connectivity index (χ1n) is 10.3. The normalized spacial score (nSPS) is 12.2. The molecule has 0 bridgehead atoms. The molecule has 0 rings (SSSR count). The van der Waals surface area contributed by atoms with Crippen LogP contribution in [0.4, 0.5) is 0 Å². The zero-order chi connectivity index (χ0) is 18.9. The lowest BCUT2D eigenvalue weighted by molar-refractivity contribution is -0.150. The lowest BCUT2D eigenvalue weighted by atomic mass is 9.90. The van der Waals surface area contributed by atoms with Crippen LogP contribution in [-0.4, -0.2) is 25.2 Å². The van der Waals surface area contributed by atoms with Crippen LogP contribution in [0.25, 0.3) is 0 Å². The molecule has 0 amide bonds. The lowest BCUT2D eigenvalue weighted by Gasteiger charge is -2.18. The molecule has 0 N–H and O–H groups in total. The van der Waals surface area contributed by atoms with Gasteiger partial charge in [-0.2, -0.15) is 0 Å². The number of esters is 2. The average molecular weight is 357 g/mol. The molecule has 0 radical (unpaired) electrons. The van der Waals surface area contributed by atoms with Crippen molar-refractivity contribution < 1.29 is 19.1 Å². The van der Waals surface area contributed by atoms with Gasteiger partial charge in [-0.25, -0.2) is 0 Å². The monoisotopic (exact) mass is 356 g/mol. The molecule has 0 aromatic carbocycles. The summed E-state index contributed by atoms with van der Waals surface area (Å²) < 4.78 is 10.1. The Morgan fingerprint density at radius 1 is 0.720 bits per heavy atom. The SMILES string of the molecule is CCOC(=O)CCCCCCCCCCCC(C(=O)OCC)C(C)C. The van der Waals surface area contributed by atoms with Crippen LogP contribution in [0.15, 0.2) is 0 Å². The van der Waals surface area contributed by atoms with Crippen molar-refractivity contribution in [3.05, 3.63) is 0 Å². The molecule has 0 fully saturated rings. The second-order valence-electron chi connectivity index (χ2n) is 7.13. The van der Waals surface area contributed by atoms with E-state index in [-0.39, 0.29) is 17.9 Å². The maximum Gasteiger partial charge on any atom is 0.309 e. The van der Waals surface area contributed by atoms with Crippen LogP contribution in [-0.2, 0) is 19.1 Å². The number of carbonyl (C=O) groups excluding carboxylic acids is 2. The van der Waals surface area contributed by atoms with Gasteiger partial charge < -0.3 is 9.47 Å². The Morgan fingerprint density at radius 2 is 1.20 bits per heavy atom. The first-order chi connectivity index (χ1) is 12.0. The van der Waals surface area contributed by atoms with E-state index in [0.29, 0.717) is 25.6 Å². The summed E-state index contributed by atoms with van der Waals surface area (Å²) in [5, 5.41) is 0. The minimum atomic E-state index is -0.0648. The summed E-state index contributed by atoms with van der Waals surface area (Å²) in [6, 6.07) is 0. The van der Waals surface area contributed by atoms with Crippen molar-refractivity contribution in [2.45, 2.75) is 98.3 Å². The smallest absolute Gasteiger partial charge is 0.309 e. The lowest BCUT2D eigenvalue weighted by Crippen LogP contribution is -2.22. The van der Waals surface area contributed by atoms with E-state index < -0.39 is 0 Å². The third-order valence-corrected chi connectivity index (χ3v) is 4.60. The van der Waals surface area contributed by atoms with Gasteiger partial charge in [-0.05, 0) is 32.6 Å². The predicted octanol–water partition coefficient (Wildman–Crippen LogP) is 5.68. The summed E-state index contributed by atoms with van der Waals surface area (Å²) in [7, 11) is 0. The molecule has 25 heavy (non-hydrogen) atoms. The molecular formula is C21H40O4. The molecule has 0 aromatic rings. The highest BCUT2D eigenvalue weighted by Gasteiger charge is 2.22. The van der Waals surface area contributed by atoms with Gasteiger partial charge in [-0.3, -0.25) is 9.59 Å². The Labute approximate surface area is 155 Å². The number of unbranched alkanes of at least 4 members (excludes halogenated alkanes) is 8. The molecule has 0 spiro atoms. The van der Waals surface area contributed by atoms with E-state index >= 15 is 0 Å². The van der Waals surface area contributed by atoms with Crippen molar-refractivity contribution in [1.82, 2.24) is 0 Å². The number of ether oxygens (including phenoxy) is 2. The molecule has 0 aliphatic heterocycles. The van der Waals surface area contributed by atoms with Crippen LogP contribution in [0.2, 0.25) is 0 Å². The van der Waals surface area contributed by atoms with Gasteiger partial charge in [0.2, 0.25) is 0 Å². The van der Waals surface area contributed by atoms with Crippen molar-refractivity contribution >= 4 is 11.9 Å². The topological polar surface area (TPSA) is 52.6 Å². The van der Waals surface area contributed by atoms with Gasteiger partial charge in [-0.1, -0.05) is 65.2 Å². The van der Waals surface area contributed by atoms with Crippen LogP contribution in [0.1, 0.15) is 98.3 Å². The van der Waals surface area contributed by atoms with Crippen molar-refractivity contribution in [3.63, 3.8) is 0 Å². The summed E-state index contributed by atoms with van der Waals surface area (Å²) in [6.07, 6.45) is 12.1. The second-order valence-corrected chi connectivity index (χ2v) is 7.13. The van der Waals surface area contributed by atoms with Gasteiger partial charge in [-0.15, -0.1) is 0 Å². The van der Waals surface area contributed by atoms with Crippen LogP contribution in [0.3, 0.4) is 0 Å². The summed E-state index contributed by atoms with van der Waals surface area (Å²) in [5.74, 6) is 0.318. The van der Waals surface area contributed by atoms with E-state index in [0.717, 1.165) is 25.7 Å². The van der Waals surface area contributed by atoms with Crippen molar-refractivity contribution in [3.8, 4) is 0 Å². The molecular weight excluding hydrogens is 316 g/mol. The molecule has 0 heterocycles. The molecule has 4 nitrogen and oxygen atoms in total. The van der Waals surface area contributed by atoms with Gasteiger partial charge in [0, 0.05) is 6.42 Å². The average Bonchev–Trinajstić information content (AvgIpc) is 2.56. The van der Waals surface area contributed by atoms with Crippen LogP contribution in [0.5, 0.6) is 0 Å². The van der Waals surface area contributed by atoms with Crippen molar-refractivity contribution in [1.29, 1.82) is 0 Å². The molecule has 4 heteroatoms. The van der Waals surface area contributed by atoms with E-state index in [2.05, 4.69) is 13.8 Å². The number of hydrogen-bond donors (Lipinski definition) is 0. The summed E-state index contributed by atoms with van der Waals surface area (Å²) in [5.41, 5.74) is 0. The third kappa shape index (κ3) is 13.9. The quantitative estimate of drug-likeness (QED) is 0.264. The highest BCUT2D eigenvalue weighted by Crippen LogP contribution is 2.21. The van der Waals surface area contributed by atoms with Gasteiger partial charge in [0.05, 0.1) is 19.1 Å². The maximum atomic E-state index is 11.9. The maximum absolute atomic E-state index is 11.9. The summed E-state index contributed by atoms with van der Waals surface area (Å²) >= 11 is 0. The standard InChI is InChI=1S/C21H40O4/c1-5-24-20(22)17-15-13-11-9-7-8-10-12-14-16-19(18(3)4)21(23)25-6-2/h18-19H,5-17H2,1-4H3. The van der Waals surface area contributed by atoms with E-state index in [1.54, 1.807) is 0 Å². The fraction of sp³-hybridized carbons (Fsp3) is 0.905.